The number of carbonyl (C=O) groups excluding carboxylic acids is 3. The summed E-state index contributed by atoms with van der Waals surface area (Å²) in [5.41, 5.74) is 0. The van der Waals surface area contributed by atoms with Crippen molar-refractivity contribution in [3.63, 3.8) is 0 Å². The molecule has 26 heavy (non-hydrogen) atoms. The lowest BCUT2D eigenvalue weighted by Crippen LogP contribution is -2.52. The van der Waals surface area contributed by atoms with Crippen LogP contribution in [0.5, 0.6) is 0 Å². The van der Waals surface area contributed by atoms with Gasteiger partial charge in [0.1, 0.15) is 6.04 Å². The second kappa shape index (κ2) is 8.36. The molecule has 3 aliphatic rings. The Kier molecular flexibility index (Phi) is 6.15. The topological polar surface area (TPSA) is 66.5 Å². The fourth-order valence-corrected chi connectivity index (χ4v) is 4.63. The molecule has 1 heterocycles. The molecule has 0 aromatic heterocycles. The smallest absolute Gasteiger partial charge is 0.243 e. The quantitative estimate of drug-likeness (QED) is 0.465. The summed E-state index contributed by atoms with van der Waals surface area (Å²) in [6, 6.07) is -0.486. The van der Waals surface area contributed by atoms with E-state index >= 15 is 0 Å². The molecule has 0 aromatic rings. The molecule has 1 saturated heterocycles. The van der Waals surface area contributed by atoms with E-state index in [1.807, 2.05) is 26.0 Å². The van der Waals surface area contributed by atoms with Gasteiger partial charge in [-0.1, -0.05) is 51.7 Å². The van der Waals surface area contributed by atoms with Crippen LogP contribution in [-0.4, -0.2) is 34.7 Å². The number of amides is 3. The van der Waals surface area contributed by atoms with Crippen molar-refractivity contribution in [3.8, 4) is 0 Å². The van der Waals surface area contributed by atoms with E-state index in [0.717, 1.165) is 25.7 Å². The highest BCUT2D eigenvalue weighted by molar-refractivity contribution is 6.08. The molecule has 3 rings (SSSR count). The Morgan fingerprint density at radius 2 is 1.58 bits per heavy atom. The second-order valence-corrected chi connectivity index (χ2v) is 8.54. The monoisotopic (exact) mass is 360 g/mol. The van der Waals surface area contributed by atoms with E-state index < -0.39 is 6.04 Å². The molecule has 3 atom stereocenters. The van der Waals surface area contributed by atoms with Crippen molar-refractivity contribution >= 4 is 17.7 Å². The predicted octanol–water partition coefficient (Wildman–Crippen LogP) is 3.19. The third kappa shape index (κ3) is 4.02. The van der Waals surface area contributed by atoms with Crippen LogP contribution < -0.4 is 5.32 Å². The Labute approximate surface area is 156 Å². The number of rotatable bonds is 5. The molecular weight excluding hydrogens is 328 g/mol. The zero-order chi connectivity index (χ0) is 18.7. The van der Waals surface area contributed by atoms with Gasteiger partial charge >= 0.3 is 0 Å². The molecule has 3 unspecified atom stereocenters. The van der Waals surface area contributed by atoms with Gasteiger partial charge in [-0.15, -0.1) is 0 Å². The highest BCUT2D eigenvalue weighted by atomic mass is 16.2. The van der Waals surface area contributed by atoms with E-state index in [4.69, 9.17) is 0 Å². The highest BCUT2D eigenvalue weighted by Gasteiger charge is 2.51. The molecule has 3 amide bonds. The number of imide groups is 1. The largest absolute Gasteiger partial charge is 0.352 e. The van der Waals surface area contributed by atoms with Gasteiger partial charge in [0.15, 0.2) is 0 Å². The van der Waals surface area contributed by atoms with Crippen molar-refractivity contribution in [2.45, 2.75) is 83.7 Å². The first-order valence-electron chi connectivity index (χ1n) is 10.3. The zero-order valence-corrected chi connectivity index (χ0v) is 16.1. The first-order valence-corrected chi connectivity index (χ1v) is 10.3. The molecule has 2 fully saturated rings. The molecule has 5 nitrogen and oxygen atoms in total. The first-order chi connectivity index (χ1) is 12.5. The fraction of sp³-hybridized carbons (Fsp3) is 0.762. The van der Waals surface area contributed by atoms with Crippen LogP contribution in [0.3, 0.4) is 0 Å². The molecule has 0 bridgehead atoms. The van der Waals surface area contributed by atoms with E-state index in [0.29, 0.717) is 19.3 Å². The van der Waals surface area contributed by atoms with Gasteiger partial charge in [0, 0.05) is 6.04 Å². The summed E-state index contributed by atoms with van der Waals surface area (Å²) in [5, 5.41) is 3.16. The molecule has 2 aliphatic carbocycles. The summed E-state index contributed by atoms with van der Waals surface area (Å²) in [6.07, 6.45) is 12.4. The number of allylic oxidation sites excluding steroid dienone is 2. The molecular formula is C21H32N2O3. The van der Waals surface area contributed by atoms with Gasteiger partial charge in [-0.25, -0.2) is 0 Å². The minimum Gasteiger partial charge on any atom is -0.352 e. The summed E-state index contributed by atoms with van der Waals surface area (Å²) in [7, 11) is 0. The Morgan fingerprint density at radius 1 is 1.04 bits per heavy atom. The normalized spacial score (nSPS) is 28.2. The van der Waals surface area contributed by atoms with Crippen LogP contribution in [0, 0.1) is 17.8 Å². The molecule has 1 saturated carbocycles. The minimum absolute atomic E-state index is 0.140. The molecule has 1 N–H and O–H groups in total. The number of nitrogens with zero attached hydrogens (tertiary/aromatic N) is 1. The van der Waals surface area contributed by atoms with Crippen LogP contribution >= 0.6 is 0 Å². The van der Waals surface area contributed by atoms with Gasteiger partial charge in [-0.05, 0) is 38.0 Å². The van der Waals surface area contributed by atoms with Crippen LogP contribution in [0.25, 0.3) is 0 Å². The lowest BCUT2D eigenvalue weighted by atomic mass is 9.85. The van der Waals surface area contributed by atoms with Gasteiger partial charge in [-0.2, -0.15) is 0 Å². The van der Waals surface area contributed by atoms with Crippen molar-refractivity contribution in [2.24, 2.45) is 17.8 Å². The third-order valence-electron chi connectivity index (χ3n) is 6.05. The van der Waals surface area contributed by atoms with Crippen LogP contribution in [0.2, 0.25) is 0 Å². The van der Waals surface area contributed by atoms with E-state index in [9.17, 15) is 14.4 Å². The molecule has 0 radical (unpaired) electrons. The average molecular weight is 360 g/mol. The van der Waals surface area contributed by atoms with E-state index in [-0.39, 0.29) is 41.5 Å². The predicted molar refractivity (Wildman–Crippen MR) is 100 cm³/mol. The number of hydrogen-bond acceptors (Lipinski definition) is 3. The standard InChI is InChI=1S/C21H32N2O3/c1-14(2)13-18(19(24)22-15-9-5-3-4-6-10-15)23-20(25)16-11-7-8-12-17(16)21(23)26/h7-8,14-18H,3-6,9-13H2,1-2H3,(H,22,24). The number of nitrogens with one attached hydrogen (secondary N) is 1. The Balaban J connectivity index is 1.75. The van der Waals surface area contributed by atoms with Gasteiger partial charge in [-0.3, -0.25) is 19.3 Å². The van der Waals surface area contributed by atoms with Gasteiger partial charge < -0.3 is 5.32 Å². The zero-order valence-electron chi connectivity index (χ0n) is 16.1. The second-order valence-electron chi connectivity index (χ2n) is 8.54. The maximum absolute atomic E-state index is 13.1. The number of carbonyl (C=O) groups is 3. The SMILES string of the molecule is CC(C)CC(C(=O)NC1CCCCCC1)N1C(=O)C2CC=CCC2C1=O. The molecule has 0 aromatic carbocycles. The van der Waals surface area contributed by atoms with Crippen molar-refractivity contribution in [2.75, 3.05) is 0 Å². The fourth-order valence-electron chi connectivity index (χ4n) is 4.63. The van der Waals surface area contributed by atoms with Crippen LogP contribution in [0.4, 0.5) is 0 Å². The summed E-state index contributed by atoms with van der Waals surface area (Å²) >= 11 is 0. The molecule has 144 valence electrons. The number of likely N-dealkylation sites (tertiary alicyclic amines) is 1. The Morgan fingerprint density at radius 3 is 2.08 bits per heavy atom. The van der Waals surface area contributed by atoms with Crippen molar-refractivity contribution in [1.29, 1.82) is 0 Å². The van der Waals surface area contributed by atoms with E-state index in [1.54, 1.807) is 0 Å². The van der Waals surface area contributed by atoms with E-state index in [2.05, 4.69) is 5.32 Å². The minimum atomic E-state index is -0.663. The van der Waals surface area contributed by atoms with Gasteiger partial charge in [0.25, 0.3) is 0 Å². The lowest BCUT2D eigenvalue weighted by Gasteiger charge is -2.29. The maximum atomic E-state index is 13.1. The van der Waals surface area contributed by atoms with Gasteiger partial charge in [0.2, 0.25) is 17.7 Å². The summed E-state index contributed by atoms with van der Waals surface area (Å²) in [4.78, 5) is 40.2. The average Bonchev–Trinajstić information content (AvgIpc) is 2.79. The first kappa shape index (κ1) is 19.1. The van der Waals surface area contributed by atoms with Crippen LogP contribution in [-0.2, 0) is 14.4 Å². The van der Waals surface area contributed by atoms with Crippen molar-refractivity contribution in [3.05, 3.63) is 12.2 Å². The van der Waals surface area contributed by atoms with Crippen LogP contribution in [0.1, 0.15) is 71.6 Å². The summed E-state index contributed by atoms with van der Waals surface area (Å²) in [5.74, 6) is -0.738. The van der Waals surface area contributed by atoms with E-state index in [1.165, 1.54) is 17.7 Å². The van der Waals surface area contributed by atoms with Gasteiger partial charge in [0.05, 0.1) is 11.8 Å². The highest BCUT2D eigenvalue weighted by Crippen LogP contribution is 2.37. The lowest BCUT2D eigenvalue weighted by molar-refractivity contribution is -0.148. The number of hydrogen-bond donors (Lipinski definition) is 1. The van der Waals surface area contributed by atoms with Crippen molar-refractivity contribution < 1.29 is 14.4 Å². The molecule has 0 spiro atoms. The van der Waals surface area contributed by atoms with Crippen molar-refractivity contribution in [1.82, 2.24) is 10.2 Å². The Hall–Kier alpha value is -1.65. The Bertz CT molecular complexity index is 550. The van der Waals surface area contributed by atoms with Crippen LogP contribution in [0.15, 0.2) is 12.2 Å². The number of fused-ring (bicyclic) bond motifs is 1. The maximum Gasteiger partial charge on any atom is 0.243 e. The summed E-state index contributed by atoms with van der Waals surface area (Å²) < 4.78 is 0. The molecule has 1 aliphatic heterocycles. The third-order valence-corrected chi connectivity index (χ3v) is 6.05. The summed E-state index contributed by atoms with van der Waals surface area (Å²) in [6.45, 7) is 4.07. The molecule has 5 heteroatoms.